The second kappa shape index (κ2) is 9.32. The standard InChI is InChI=1S/C26H35ClN4O/c1-19-17-21(27)7-10-23(19)31-16-15-30(25(32)26(2,3)4)18-24(31)20-5-8-22(9-6-20)29-13-11-28-12-14-29/h5-10,17,24,28H,11-16,18H2,1-4H3/t24-/m0/s1. The smallest absolute Gasteiger partial charge is 0.228 e. The Balaban J connectivity index is 1.64. The minimum Gasteiger partial charge on any atom is -0.369 e. The first-order chi connectivity index (χ1) is 15.2. The molecule has 1 atom stereocenters. The number of amides is 1. The number of hydrogen-bond donors (Lipinski definition) is 1. The maximum Gasteiger partial charge on any atom is 0.228 e. The second-order valence-electron chi connectivity index (χ2n) is 9.97. The van der Waals surface area contributed by atoms with Gasteiger partial charge in [0.25, 0.3) is 0 Å². The van der Waals surface area contributed by atoms with Crippen LogP contribution in [0, 0.1) is 12.3 Å². The third-order valence-corrected chi connectivity index (χ3v) is 6.77. The summed E-state index contributed by atoms with van der Waals surface area (Å²) in [4.78, 5) is 20.0. The van der Waals surface area contributed by atoms with E-state index in [4.69, 9.17) is 11.6 Å². The zero-order valence-electron chi connectivity index (χ0n) is 19.7. The number of nitrogens with zero attached hydrogens (tertiary/aromatic N) is 3. The average Bonchev–Trinajstić information content (AvgIpc) is 2.78. The van der Waals surface area contributed by atoms with Crippen molar-refractivity contribution in [2.24, 2.45) is 5.41 Å². The third kappa shape index (κ3) is 4.89. The van der Waals surface area contributed by atoms with E-state index in [1.165, 1.54) is 16.9 Å². The van der Waals surface area contributed by atoms with Crippen molar-refractivity contribution < 1.29 is 4.79 Å². The van der Waals surface area contributed by atoms with E-state index in [1.54, 1.807) is 0 Å². The molecule has 172 valence electrons. The van der Waals surface area contributed by atoms with Gasteiger partial charge in [-0.25, -0.2) is 0 Å². The molecule has 2 aliphatic rings. The molecule has 0 radical (unpaired) electrons. The average molecular weight is 455 g/mol. The van der Waals surface area contributed by atoms with Crippen LogP contribution >= 0.6 is 11.6 Å². The zero-order valence-corrected chi connectivity index (χ0v) is 20.5. The van der Waals surface area contributed by atoms with E-state index in [-0.39, 0.29) is 17.4 Å². The van der Waals surface area contributed by atoms with E-state index >= 15 is 0 Å². The summed E-state index contributed by atoms with van der Waals surface area (Å²) in [6, 6.07) is 15.1. The summed E-state index contributed by atoms with van der Waals surface area (Å²) < 4.78 is 0. The fourth-order valence-corrected chi connectivity index (χ4v) is 5.01. The van der Waals surface area contributed by atoms with Gasteiger partial charge < -0.3 is 20.0 Å². The molecule has 0 spiro atoms. The van der Waals surface area contributed by atoms with E-state index in [1.807, 2.05) is 37.8 Å². The molecule has 0 aliphatic carbocycles. The lowest BCUT2D eigenvalue weighted by atomic mass is 9.92. The highest BCUT2D eigenvalue weighted by molar-refractivity contribution is 6.30. The van der Waals surface area contributed by atoms with E-state index < -0.39 is 0 Å². The van der Waals surface area contributed by atoms with Gasteiger partial charge in [-0.1, -0.05) is 44.5 Å². The van der Waals surface area contributed by atoms with Gasteiger partial charge in [-0.3, -0.25) is 4.79 Å². The van der Waals surface area contributed by atoms with E-state index in [0.717, 1.165) is 49.9 Å². The number of carbonyl (C=O) groups excluding carboxylic acids is 1. The van der Waals surface area contributed by atoms with Crippen molar-refractivity contribution in [3.8, 4) is 0 Å². The molecule has 4 rings (SSSR count). The van der Waals surface area contributed by atoms with Gasteiger partial charge in [-0.15, -0.1) is 0 Å². The van der Waals surface area contributed by atoms with Crippen LogP contribution < -0.4 is 15.1 Å². The first-order valence-corrected chi connectivity index (χ1v) is 12.0. The second-order valence-corrected chi connectivity index (χ2v) is 10.4. The minimum absolute atomic E-state index is 0.104. The highest BCUT2D eigenvalue weighted by atomic mass is 35.5. The van der Waals surface area contributed by atoms with Crippen LogP contribution in [-0.2, 0) is 4.79 Å². The number of hydrogen-bond acceptors (Lipinski definition) is 4. The normalized spacial score (nSPS) is 19.9. The van der Waals surface area contributed by atoms with Crippen LogP contribution in [0.3, 0.4) is 0 Å². The van der Waals surface area contributed by atoms with Crippen LogP contribution in [0.1, 0.15) is 37.9 Å². The summed E-state index contributed by atoms with van der Waals surface area (Å²) in [5, 5.41) is 4.17. The maximum atomic E-state index is 13.1. The number of halogens is 1. The van der Waals surface area contributed by atoms with Crippen molar-refractivity contribution in [1.29, 1.82) is 0 Å². The molecule has 1 amide bonds. The molecule has 1 N–H and O–H groups in total. The molecule has 0 bridgehead atoms. The first kappa shape index (κ1) is 22.9. The molecular formula is C26H35ClN4O. The lowest BCUT2D eigenvalue weighted by Gasteiger charge is -2.45. The lowest BCUT2D eigenvalue weighted by Crippen LogP contribution is -2.53. The van der Waals surface area contributed by atoms with Crippen LogP contribution in [0.5, 0.6) is 0 Å². The summed E-state index contributed by atoms with van der Waals surface area (Å²) in [5.41, 5.74) is 4.48. The van der Waals surface area contributed by atoms with Crippen LogP contribution in [-0.4, -0.2) is 56.6 Å². The quantitative estimate of drug-likeness (QED) is 0.741. The molecule has 5 nitrogen and oxygen atoms in total. The molecule has 32 heavy (non-hydrogen) atoms. The molecule has 2 aromatic carbocycles. The van der Waals surface area contributed by atoms with Gasteiger partial charge >= 0.3 is 0 Å². The zero-order chi connectivity index (χ0) is 22.9. The Kier molecular flexibility index (Phi) is 6.68. The molecule has 2 fully saturated rings. The van der Waals surface area contributed by atoms with Crippen molar-refractivity contribution in [2.75, 3.05) is 55.6 Å². The van der Waals surface area contributed by atoms with E-state index in [0.29, 0.717) is 6.54 Å². The number of nitrogens with one attached hydrogen (secondary N) is 1. The van der Waals surface area contributed by atoms with Gasteiger partial charge in [-0.2, -0.15) is 0 Å². The van der Waals surface area contributed by atoms with Crippen molar-refractivity contribution >= 4 is 28.9 Å². The number of anilines is 2. The van der Waals surface area contributed by atoms with Gasteiger partial charge in [-0.05, 0) is 48.4 Å². The fraction of sp³-hybridized carbons (Fsp3) is 0.500. The number of aryl methyl sites for hydroxylation is 1. The number of benzene rings is 2. The summed E-state index contributed by atoms with van der Waals surface area (Å²) in [7, 11) is 0. The van der Waals surface area contributed by atoms with Crippen LogP contribution in [0.15, 0.2) is 42.5 Å². The summed E-state index contributed by atoms with van der Waals surface area (Å²) >= 11 is 6.23. The van der Waals surface area contributed by atoms with Crippen molar-refractivity contribution in [2.45, 2.75) is 33.7 Å². The SMILES string of the molecule is Cc1cc(Cl)ccc1N1CCN(C(=O)C(C)(C)C)C[C@H]1c1ccc(N2CCNCC2)cc1. The Morgan fingerprint density at radius 1 is 1.00 bits per heavy atom. The Hall–Kier alpha value is -2.24. The summed E-state index contributed by atoms with van der Waals surface area (Å²) in [6.45, 7) is 14.5. The largest absolute Gasteiger partial charge is 0.369 e. The molecule has 0 unspecified atom stereocenters. The molecular weight excluding hydrogens is 420 g/mol. The van der Waals surface area contributed by atoms with Gasteiger partial charge in [0.05, 0.1) is 6.04 Å². The van der Waals surface area contributed by atoms with Crippen LogP contribution in [0.25, 0.3) is 0 Å². The fourth-order valence-electron chi connectivity index (χ4n) is 4.79. The topological polar surface area (TPSA) is 38.8 Å². The van der Waals surface area contributed by atoms with E-state index in [9.17, 15) is 4.79 Å². The molecule has 6 heteroatoms. The third-order valence-electron chi connectivity index (χ3n) is 6.54. The van der Waals surface area contributed by atoms with Crippen molar-refractivity contribution in [3.63, 3.8) is 0 Å². The molecule has 0 aromatic heterocycles. The lowest BCUT2D eigenvalue weighted by molar-refractivity contribution is -0.140. The summed E-state index contributed by atoms with van der Waals surface area (Å²) in [5.74, 6) is 0.215. The molecule has 2 heterocycles. The minimum atomic E-state index is -0.380. The van der Waals surface area contributed by atoms with Crippen LogP contribution in [0.4, 0.5) is 11.4 Å². The Morgan fingerprint density at radius 3 is 2.31 bits per heavy atom. The predicted molar refractivity (Wildman–Crippen MR) is 134 cm³/mol. The molecule has 0 saturated carbocycles. The monoisotopic (exact) mass is 454 g/mol. The van der Waals surface area contributed by atoms with Gasteiger partial charge in [0, 0.05) is 67.6 Å². The van der Waals surface area contributed by atoms with Crippen molar-refractivity contribution in [3.05, 3.63) is 58.6 Å². The number of rotatable bonds is 3. The predicted octanol–water partition coefficient (Wildman–Crippen LogP) is 4.49. The van der Waals surface area contributed by atoms with Gasteiger partial charge in [0.15, 0.2) is 0 Å². The van der Waals surface area contributed by atoms with Gasteiger partial charge in [0.2, 0.25) is 5.91 Å². The highest BCUT2D eigenvalue weighted by Gasteiger charge is 2.35. The number of carbonyl (C=O) groups is 1. The Morgan fingerprint density at radius 2 is 1.69 bits per heavy atom. The van der Waals surface area contributed by atoms with Crippen LogP contribution in [0.2, 0.25) is 5.02 Å². The summed E-state index contributed by atoms with van der Waals surface area (Å²) in [6.07, 6.45) is 0. The van der Waals surface area contributed by atoms with Gasteiger partial charge in [0.1, 0.15) is 0 Å². The Labute approximate surface area is 197 Å². The Bertz CT molecular complexity index is 947. The highest BCUT2D eigenvalue weighted by Crippen LogP contribution is 2.35. The first-order valence-electron chi connectivity index (χ1n) is 11.6. The molecule has 2 aliphatic heterocycles. The van der Waals surface area contributed by atoms with Crippen molar-refractivity contribution in [1.82, 2.24) is 10.2 Å². The van der Waals surface area contributed by atoms with E-state index in [2.05, 4.69) is 52.4 Å². The molecule has 2 aromatic rings. The molecule has 2 saturated heterocycles. The maximum absolute atomic E-state index is 13.1. The number of piperazine rings is 2.